The molecule has 2 N–H and O–H groups in total. The average Bonchev–Trinajstić information content (AvgIpc) is 3.04. The van der Waals surface area contributed by atoms with E-state index >= 15 is 0 Å². The second-order valence-corrected chi connectivity index (χ2v) is 5.92. The Morgan fingerprint density at radius 1 is 1.30 bits per heavy atom. The van der Waals surface area contributed by atoms with Crippen molar-refractivity contribution in [3.63, 3.8) is 0 Å². The molecule has 1 saturated heterocycles. The molecule has 5 heteroatoms. The van der Waals surface area contributed by atoms with E-state index in [1.165, 1.54) is 12.7 Å². The predicted molar refractivity (Wildman–Crippen MR) is 89.6 cm³/mol. The molecule has 1 aromatic carbocycles. The Balaban J connectivity index is 1.76. The minimum Gasteiger partial charge on any atom is -0.465 e. The van der Waals surface area contributed by atoms with Crippen molar-refractivity contribution in [2.45, 2.75) is 18.4 Å². The number of methoxy groups -OCH3 is 1. The normalized spacial score (nSPS) is 20.2. The number of carbonyl (C=O) groups excluding carboxylic acids is 1. The lowest BCUT2D eigenvalue weighted by molar-refractivity contribution is 0.0600. The highest BCUT2D eigenvalue weighted by Gasteiger charge is 2.34. The molecule has 1 aromatic heterocycles. The highest BCUT2D eigenvalue weighted by molar-refractivity contribution is 5.89. The Labute approximate surface area is 136 Å². The SMILES string of the molecule is COC(=O)c1ccc(N[C@@]2(Cc3ccccc3)CCNC2)nc1. The molecule has 2 aromatic rings. The number of anilines is 1. The number of ether oxygens (including phenoxy) is 1. The van der Waals surface area contributed by atoms with Crippen LogP contribution in [0.1, 0.15) is 22.3 Å². The molecule has 1 aliphatic rings. The number of nitrogens with zero attached hydrogens (tertiary/aromatic N) is 1. The molecule has 1 atom stereocenters. The minimum absolute atomic E-state index is 0.0544. The van der Waals surface area contributed by atoms with Crippen molar-refractivity contribution < 1.29 is 9.53 Å². The van der Waals surface area contributed by atoms with E-state index in [0.717, 1.165) is 31.7 Å². The molecule has 0 aliphatic carbocycles. The third-order valence-electron chi connectivity index (χ3n) is 4.21. The molecule has 3 rings (SSSR count). The molecular formula is C18H21N3O2. The van der Waals surface area contributed by atoms with Crippen molar-refractivity contribution in [3.8, 4) is 0 Å². The average molecular weight is 311 g/mol. The quantitative estimate of drug-likeness (QED) is 0.829. The van der Waals surface area contributed by atoms with E-state index in [1.807, 2.05) is 12.1 Å². The monoisotopic (exact) mass is 311 g/mol. The van der Waals surface area contributed by atoms with E-state index in [-0.39, 0.29) is 11.5 Å². The maximum absolute atomic E-state index is 11.5. The first-order valence-electron chi connectivity index (χ1n) is 7.78. The number of pyridine rings is 1. The molecule has 1 aliphatic heterocycles. The van der Waals surface area contributed by atoms with Gasteiger partial charge in [-0.2, -0.15) is 0 Å². The van der Waals surface area contributed by atoms with E-state index in [4.69, 9.17) is 4.74 Å². The first kappa shape index (κ1) is 15.5. The van der Waals surface area contributed by atoms with Crippen LogP contribution in [0.3, 0.4) is 0 Å². The number of hydrogen-bond acceptors (Lipinski definition) is 5. The molecule has 2 heterocycles. The van der Waals surface area contributed by atoms with Crippen LogP contribution in [0.5, 0.6) is 0 Å². The van der Waals surface area contributed by atoms with Crippen molar-refractivity contribution in [2.24, 2.45) is 0 Å². The summed E-state index contributed by atoms with van der Waals surface area (Å²) in [6.07, 6.45) is 3.51. The second kappa shape index (κ2) is 6.79. The zero-order chi connectivity index (χ0) is 16.1. The van der Waals surface area contributed by atoms with Crippen LogP contribution in [0, 0.1) is 0 Å². The number of hydrogen-bond donors (Lipinski definition) is 2. The third-order valence-corrected chi connectivity index (χ3v) is 4.21. The summed E-state index contributed by atoms with van der Waals surface area (Å²) in [6.45, 7) is 1.88. The second-order valence-electron chi connectivity index (χ2n) is 5.92. The predicted octanol–water partition coefficient (Wildman–Crippen LogP) is 2.25. The largest absolute Gasteiger partial charge is 0.465 e. The molecule has 0 unspecified atom stereocenters. The maximum atomic E-state index is 11.5. The summed E-state index contributed by atoms with van der Waals surface area (Å²) in [5, 5.41) is 6.99. The highest BCUT2D eigenvalue weighted by Crippen LogP contribution is 2.25. The number of benzene rings is 1. The first-order chi connectivity index (χ1) is 11.2. The summed E-state index contributed by atoms with van der Waals surface area (Å²) >= 11 is 0. The van der Waals surface area contributed by atoms with Gasteiger partial charge < -0.3 is 15.4 Å². The van der Waals surface area contributed by atoms with Crippen LogP contribution < -0.4 is 10.6 Å². The Morgan fingerprint density at radius 3 is 2.74 bits per heavy atom. The van der Waals surface area contributed by atoms with Gasteiger partial charge in [0.1, 0.15) is 5.82 Å². The standard InChI is InChI=1S/C18H21N3O2/c1-23-17(22)15-7-8-16(20-12-15)21-18(9-10-19-13-18)11-14-5-3-2-4-6-14/h2-8,12,19H,9-11,13H2,1H3,(H,20,21)/t18-/m1/s1. The smallest absolute Gasteiger partial charge is 0.339 e. The lowest BCUT2D eigenvalue weighted by Gasteiger charge is -2.30. The Bertz CT molecular complexity index is 650. The van der Waals surface area contributed by atoms with Crippen molar-refractivity contribution in [1.82, 2.24) is 10.3 Å². The molecule has 120 valence electrons. The summed E-state index contributed by atoms with van der Waals surface area (Å²) < 4.78 is 4.70. The zero-order valence-corrected chi connectivity index (χ0v) is 13.2. The van der Waals surface area contributed by atoms with Gasteiger partial charge in [-0.25, -0.2) is 9.78 Å². The van der Waals surface area contributed by atoms with Gasteiger partial charge in [-0.3, -0.25) is 0 Å². The molecular weight excluding hydrogens is 290 g/mol. The number of nitrogens with one attached hydrogen (secondary N) is 2. The molecule has 0 amide bonds. The van der Waals surface area contributed by atoms with Crippen LogP contribution in [-0.2, 0) is 11.2 Å². The Kier molecular flexibility index (Phi) is 4.57. The van der Waals surface area contributed by atoms with E-state index < -0.39 is 0 Å². The number of carbonyl (C=O) groups is 1. The molecule has 0 bridgehead atoms. The van der Waals surface area contributed by atoms with Crippen LogP contribution in [0.15, 0.2) is 48.7 Å². The van der Waals surface area contributed by atoms with Crippen LogP contribution in [0.4, 0.5) is 5.82 Å². The minimum atomic E-state index is -0.370. The van der Waals surface area contributed by atoms with Gasteiger partial charge >= 0.3 is 5.97 Å². The maximum Gasteiger partial charge on any atom is 0.339 e. The summed E-state index contributed by atoms with van der Waals surface area (Å²) in [6, 6.07) is 14.0. The van der Waals surface area contributed by atoms with Crippen LogP contribution in [0.25, 0.3) is 0 Å². The number of aromatic nitrogens is 1. The van der Waals surface area contributed by atoms with Gasteiger partial charge in [0.15, 0.2) is 0 Å². The van der Waals surface area contributed by atoms with Crippen LogP contribution in [0.2, 0.25) is 0 Å². The number of esters is 1. The molecule has 23 heavy (non-hydrogen) atoms. The van der Waals surface area contributed by atoms with Crippen molar-refractivity contribution in [3.05, 3.63) is 59.8 Å². The summed E-state index contributed by atoms with van der Waals surface area (Å²) in [5.41, 5.74) is 1.70. The Hall–Kier alpha value is -2.40. The van der Waals surface area contributed by atoms with Gasteiger partial charge in [0, 0.05) is 12.7 Å². The van der Waals surface area contributed by atoms with Crippen molar-refractivity contribution >= 4 is 11.8 Å². The van der Waals surface area contributed by atoms with Gasteiger partial charge in [0.05, 0.1) is 18.2 Å². The third kappa shape index (κ3) is 3.68. The van der Waals surface area contributed by atoms with Gasteiger partial charge in [-0.15, -0.1) is 0 Å². The van der Waals surface area contributed by atoms with E-state index in [9.17, 15) is 4.79 Å². The van der Waals surface area contributed by atoms with E-state index in [1.54, 1.807) is 12.3 Å². The fourth-order valence-corrected chi connectivity index (χ4v) is 3.01. The van der Waals surface area contributed by atoms with Gasteiger partial charge in [0.2, 0.25) is 0 Å². The zero-order valence-electron chi connectivity index (χ0n) is 13.2. The van der Waals surface area contributed by atoms with E-state index in [2.05, 4.69) is 39.9 Å². The topological polar surface area (TPSA) is 63.2 Å². The molecule has 1 fully saturated rings. The van der Waals surface area contributed by atoms with Crippen molar-refractivity contribution in [2.75, 3.05) is 25.5 Å². The fraction of sp³-hybridized carbons (Fsp3) is 0.333. The van der Waals surface area contributed by atoms with Crippen LogP contribution in [-0.4, -0.2) is 36.7 Å². The van der Waals surface area contributed by atoms with E-state index in [0.29, 0.717) is 5.56 Å². The molecule has 0 radical (unpaired) electrons. The fourth-order valence-electron chi connectivity index (χ4n) is 3.01. The summed E-state index contributed by atoms with van der Waals surface area (Å²) in [4.78, 5) is 15.8. The Morgan fingerprint density at radius 2 is 2.13 bits per heavy atom. The van der Waals surface area contributed by atoms with Gasteiger partial charge in [0.25, 0.3) is 0 Å². The summed E-state index contributed by atoms with van der Waals surface area (Å²) in [5.74, 6) is 0.405. The van der Waals surface area contributed by atoms with Gasteiger partial charge in [-0.05, 0) is 37.1 Å². The first-order valence-corrected chi connectivity index (χ1v) is 7.78. The lowest BCUT2D eigenvalue weighted by atomic mass is 9.90. The highest BCUT2D eigenvalue weighted by atomic mass is 16.5. The lowest BCUT2D eigenvalue weighted by Crippen LogP contribution is -2.43. The molecule has 5 nitrogen and oxygen atoms in total. The number of rotatable bonds is 5. The van der Waals surface area contributed by atoms with Crippen LogP contribution >= 0.6 is 0 Å². The summed E-state index contributed by atoms with van der Waals surface area (Å²) in [7, 11) is 1.37. The molecule has 0 spiro atoms. The van der Waals surface area contributed by atoms with Crippen molar-refractivity contribution in [1.29, 1.82) is 0 Å². The van der Waals surface area contributed by atoms with Gasteiger partial charge in [-0.1, -0.05) is 30.3 Å². The molecule has 0 saturated carbocycles.